The smallest absolute Gasteiger partial charge is 0.161 e. The molecule has 7 aromatic carbocycles. The maximum absolute atomic E-state index is 8.78. The molecule has 0 unspecified atom stereocenters. The van der Waals surface area contributed by atoms with E-state index in [4.69, 9.17) is 20.7 Å². The van der Waals surface area contributed by atoms with E-state index in [-0.39, 0.29) is 5.84 Å². The lowest BCUT2D eigenvalue weighted by Gasteiger charge is -2.10. The predicted octanol–water partition coefficient (Wildman–Crippen LogP) is 12.5. The van der Waals surface area contributed by atoms with Gasteiger partial charge >= 0.3 is 0 Å². The molecule has 0 atom stereocenters. The Bertz CT molecular complexity index is 2570. The first-order valence-corrected chi connectivity index (χ1v) is 17.8. The molecule has 0 fully saturated rings. The second-order valence-electron chi connectivity index (χ2n) is 12.0. The molecule has 0 saturated heterocycles. The minimum absolute atomic E-state index is 0.169. The van der Waals surface area contributed by atoms with Crippen molar-refractivity contribution in [1.29, 1.82) is 10.7 Å². The summed E-state index contributed by atoms with van der Waals surface area (Å²) in [4.78, 5) is 9.76. The molecule has 52 heavy (non-hydrogen) atoms. The maximum Gasteiger partial charge on any atom is 0.161 e. The highest BCUT2D eigenvalue weighted by Crippen LogP contribution is 2.46. The Morgan fingerprint density at radius 1 is 0.577 bits per heavy atom. The van der Waals surface area contributed by atoms with E-state index in [1.807, 2.05) is 78.2 Å². The molecule has 4 nitrogen and oxygen atoms in total. The molecule has 0 aliphatic carbocycles. The van der Waals surface area contributed by atoms with Crippen LogP contribution in [0, 0.1) is 16.7 Å². The van der Waals surface area contributed by atoms with E-state index in [0.29, 0.717) is 5.84 Å². The fourth-order valence-corrected chi connectivity index (χ4v) is 7.63. The van der Waals surface area contributed by atoms with Crippen LogP contribution in [-0.4, -0.2) is 17.9 Å². The van der Waals surface area contributed by atoms with E-state index in [0.717, 1.165) is 22.1 Å². The van der Waals surface area contributed by atoms with Crippen molar-refractivity contribution in [3.8, 4) is 39.4 Å². The lowest BCUT2D eigenvalue weighted by atomic mass is 9.94. The van der Waals surface area contributed by atoms with Gasteiger partial charge in [0, 0.05) is 55.6 Å². The maximum atomic E-state index is 8.78. The zero-order valence-electron chi connectivity index (χ0n) is 28.6. The summed E-state index contributed by atoms with van der Waals surface area (Å²) in [6, 6.07) is 62.1. The Morgan fingerprint density at radius 3 is 1.65 bits per heavy atom. The Hall–Kier alpha value is -6.74. The molecule has 1 heterocycles. The Kier molecular flexibility index (Phi) is 10.3. The molecule has 1 aromatic heterocycles. The van der Waals surface area contributed by atoms with Gasteiger partial charge in [-0.25, -0.2) is 9.98 Å². The number of thiophene rings is 1. The lowest BCUT2D eigenvalue weighted by Crippen LogP contribution is -2.04. The molecule has 0 radical (unpaired) electrons. The van der Waals surface area contributed by atoms with Crippen molar-refractivity contribution in [2.45, 2.75) is 6.92 Å². The van der Waals surface area contributed by atoms with E-state index < -0.39 is 0 Å². The molecular formula is C47H34N4S. The second kappa shape index (κ2) is 15.9. The Labute approximate surface area is 307 Å². The Morgan fingerprint density at radius 2 is 1.08 bits per heavy atom. The molecular weight excluding hydrogens is 653 g/mol. The van der Waals surface area contributed by atoms with Gasteiger partial charge in [0.2, 0.25) is 0 Å². The van der Waals surface area contributed by atoms with Crippen LogP contribution in [0.4, 0.5) is 0 Å². The Balaban J connectivity index is 0.00000136. The molecule has 248 valence electrons. The van der Waals surface area contributed by atoms with Crippen LogP contribution in [0.15, 0.2) is 186 Å². The monoisotopic (exact) mass is 686 g/mol. The van der Waals surface area contributed by atoms with Crippen LogP contribution in [0.1, 0.15) is 23.6 Å². The molecule has 0 bridgehead atoms. The van der Waals surface area contributed by atoms with E-state index in [2.05, 4.69) is 115 Å². The van der Waals surface area contributed by atoms with Crippen molar-refractivity contribution in [3.63, 3.8) is 0 Å². The third-order valence-electron chi connectivity index (χ3n) is 8.65. The summed E-state index contributed by atoms with van der Waals surface area (Å²) in [6.07, 6.45) is 1.92. The van der Waals surface area contributed by atoms with Gasteiger partial charge in [0.1, 0.15) is 0 Å². The molecule has 0 amide bonds. The highest BCUT2D eigenvalue weighted by molar-refractivity contribution is 7.27. The summed E-state index contributed by atoms with van der Waals surface area (Å²) in [7, 11) is 0. The van der Waals surface area contributed by atoms with Gasteiger partial charge in [-0.1, -0.05) is 164 Å². The summed E-state index contributed by atoms with van der Waals surface area (Å²) < 4.78 is 2.45. The van der Waals surface area contributed by atoms with E-state index >= 15 is 0 Å². The van der Waals surface area contributed by atoms with Crippen LogP contribution in [0.25, 0.3) is 53.6 Å². The van der Waals surface area contributed by atoms with Crippen LogP contribution >= 0.6 is 11.3 Å². The molecule has 0 aliphatic heterocycles. The lowest BCUT2D eigenvalue weighted by molar-refractivity contribution is 1.40. The van der Waals surface area contributed by atoms with Gasteiger partial charge < -0.3 is 0 Å². The molecule has 5 heteroatoms. The van der Waals surface area contributed by atoms with Gasteiger partial charge in [-0.3, -0.25) is 5.41 Å². The number of benzene rings is 7. The van der Waals surface area contributed by atoms with E-state index in [1.165, 1.54) is 55.1 Å². The highest BCUT2D eigenvalue weighted by atomic mass is 32.1. The molecule has 8 rings (SSSR count). The molecule has 0 saturated carbocycles. The minimum Gasteiger partial charge on any atom is -0.282 e. The third-order valence-corrected chi connectivity index (χ3v) is 9.92. The number of nitrogens with zero attached hydrogens (tertiary/aromatic N) is 3. The van der Waals surface area contributed by atoms with E-state index in [9.17, 15) is 0 Å². The summed E-state index contributed by atoms with van der Waals surface area (Å²) in [5.74, 6) is 0.659. The summed E-state index contributed by atoms with van der Waals surface area (Å²) >= 11 is 1.84. The zero-order chi connectivity index (χ0) is 35.7. The van der Waals surface area contributed by atoms with Gasteiger partial charge in [0.15, 0.2) is 11.7 Å². The normalized spacial score (nSPS) is 11.3. The van der Waals surface area contributed by atoms with Crippen molar-refractivity contribution in [1.82, 2.24) is 0 Å². The topological polar surface area (TPSA) is 72.4 Å². The fourth-order valence-electron chi connectivity index (χ4n) is 6.24. The SMILES string of the molecule is CC#N.N=C(N=C(N=Cc1ccc(-c2ccccc2)c2sc3c(-c4ccccc4)cc(-c4ccccc4)cc3c12)c1ccccc1)c1ccccc1. The number of hydrogen-bond acceptors (Lipinski definition) is 3. The first-order chi connectivity index (χ1) is 25.6. The largest absolute Gasteiger partial charge is 0.282 e. The number of hydrogen-bond donors (Lipinski definition) is 1. The van der Waals surface area contributed by atoms with Gasteiger partial charge in [-0.2, -0.15) is 5.26 Å². The number of nitriles is 1. The van der Waals surface area contributed by atoms with Crippen LogP contribution in [0.5, 0.6) is 0 Å². The molecule has 8 aromatic rings. The average molecular weight is 687 g/mol. The first kappa shape index (κ1) is 33.7. The fraction of sp³-hybridized carbons (Fsp3) is 0.0213. The van der Waals surface area contributed by atoms with Crippen LogP contribution < -0.4 is 0 Å². The summed E-state index contributed by atoms with van der Waals surface area (Å²) in [5, 5.41) is 18.4. The molecule has 1 N–H and O–H groups in total. The van der Waals surface area contributed by atoms with Crippen molar-refractivity contribution in [2.24, 2.45) is 9.98 Å². The van der Waals surface area contributed by atoms with Gasteiger partial charge in [-0.05, 0) is 39.9 Å². The number of nitrogens with one attached hydrogen (secondary N) is 1. The minimum atomic E-state index is 0.169. The van der Waals surface area contributed by atoms with Crippen molar-refractivity contribution >= 4 is 49.4 Å². The van der Waals surface area contributed by atoms with Gasteiger partial charge in [0.05, 0.1) is 6.07 Å². The van der Waals surface area contributed by atoms with Crippen molar-refractivity contribution in [2.75, 3.05) is 0 Å². The highest BCUT2D eigenvalue weighted by Gasteiger charge is 2.19. The third kappa shape index (κ3) is 7.25. The van der Waals surface area contributed by atoms with Gasteiger partial charge in [-0.15, -0.1) is 11.3 Å². The van der Waals surface area contributed by atoms with Crippen LogP contribution in [0.3, 0.4) is 0 Å². The summed E-state index contributed by atoms with van der Waals surface area (Å²) in [6.45, 7) is 1.43. The summed E-state index contributed by atoms with van der Waals surface area (Å²) in [5.41, 5.74) is 9.70. The molecule has 0 aliphatic rings. The second-order valence-corrected chi connectivity index (χ2v) is 13.0. The van der Waals surface area contributed by atoms with Crippen molar-refractivity contribution < 1.29 is 0 Å². The molecule has 0 spiro atoms. The average Bonchev–Trinajstić information content (AvgIpc) is 3.61. The van der Waals surface area contributed by atoms with Crippen LogP contribution in [-0.2, 0) is 0 Å². The quantitative estimate of drug-likeness (QED) is 0.137. The number of amidine groups is 2. The number of fused-ring (bicyclic) bond motifs is 3. The van der Waals surface area contributed by atoms with Gasteiger partial charge in [0.25, 0.3) is 0 Å². The number of aliphatic imine (C=N–C) groups is 2. The van der Waals surface area contributed by atoms with E-state index in [1.54, 1.807) is 6.07 Å². The van der Waals surface area contributed by atoms with Crippen LogP contribution in [0.2, 0.25) is 0 Å². The predicted molar refractivity (Wildman–Crippen MR) is 221 cm³/mol. The number of rotatable bonds is 6. The zero-order valence-corrected chi connectivity index (χ0v) is 29.4. The van der Waals surface area contributed by atoms with Crippen molar-refractivity contribution in [3.05, 3.63) is 193 Å². The standard InChI is InChI=1S/C45H31N3S.C2H3N/c46-44(34-22-12-4-13-23-34)48-45(35-24-14-5-15-25-35)47-30-36-26-27-38(32-18-8-2-9-19-32)43-41(36)40-29-37(31-16-6-1-7-17-31)28-39(42(40)49-43)33-20-10-3-11-21-33;1-2-3/h1-30,46H;1H3. The first-order valence-electron chi connectivity index (χ1n) is 17.0.